The fourth-order valence-corrected chi connectivity index (χ4v) is 2.73. The van der Waals surface area contributed by atoms with Crippen LogP contribution in [0.25, 0.3) is 0 Å². The molecule has 0 saturated heterocycles. The van der Waals surface area contributed by atoms with Gasteiger partial charge in [-0.25, -0.2) is 0 Å². The van der Waals surface area contributed by atoms with E-state index in [4.69, 9.17) is 5.73 Å². The lowest BCUT2D eigenvalue weighted by Gasteiger charge is -2.06. The Morgan fingerprint density at radius 2 is 2.21 bits per heavy atom. The van der Waals surface area contributed by atoms with Crippen LogP contribution in [0.15, 0.2) is 23.6 Å². The molecule has 9 heteroatoms. The van der Waals surface area contributed by atoms with Crippen molar-refractivity contribution < 1.29 is 8.42 Å². The Morgan fingerprint density at radius 1 is 1.47 bits per heavy atom. The van der Waals surface area contributed by atoms with Crippen molar-refractivity contribution in [2.75, 3.05) is 4.72 Å². The first kappa shape index (κ1) is 13.6. The van der Waals surface area contributed by atoms with E-state index < -0.39 is 10.0 Å². The number of nitrogens with zero attached hydrogens (tertiary/aromatic N) is 3. The van der Waals surface area contributed by atoms with Gasteiger partial charge in [0.05, 0.1) is 18.1 Å². The van der Waals surface area contributed by atoms with E-state index in [9.17, 15) is 8.42 Å². The second-order valence-electron chi connectivity index (χ2n) is 4.34. The summed E-state index contributed by atoms with van der Waals surface area (Å²) in [4.78, 5) is 0. The zero-order chi connectivity index (χ0) is 14.0. The Hall–Kier alpha value is -1.87. The Labute approximate surface area is 111 Å². The molecule has 0 unspecified atom stereocenters. The van der Waals surface area contributed by atoms with Crippen molar-refractivity contribution in [2.24, 2.45) is 5.73 Å². The number of aromatic nitrogens is 4. The number of hydrogen-bond donors (Lipinski definition) is 3. The van der Waals surface area contributed by atoms with Gasteiger partial charge in [-0.15, -0.1) is 0 Å². The molecule has 8 nitrogen and oxygen atoms in total. The fraction of sp³-hybridized carbons (Fsp3) is 0.400. The topological polar surface area (TPSA) is 119 Å². The minimum atomic E-state index is -3.73. The Kier molecular flexibility index (Phi) is 3.58. The molecule has 0 fully saturated rings. The van der Waals surface area contributed by atoms with E-state index in [1.165, 1.54) is 12.4 Å². The van der Waals surface area contributed by atoms with Crippen molar-refractivity contribution in [1.29, 1.82) is 0 Å². The van der Waals surface area contributed by atoms with Gasteiger partial charge in [-0.3, -0.25) is 14.5 Å². The molecule has 104 valence electrons. The molecule has 2 rings (SSSR count). The van der Waals surface area contributed by atoms with E-state index in [0.717, 1.165) is 0 Å². The van der Waals surface area contributed by atoms with E-state index in [1.807, 2.05) is 13.8 Å². The standard InChI is InChI=1S/C10H16N6O2S/c1-7(2)16-6-9(5-13-16)15-19(17,18)10-8(3-11)4-12-14-10/h4-7,15H,3,11H2,1-2H3,(H,12,14). The summed E-state index contributed by atoms with van der Waals surface area (Å²) in [6.07, 6.45) is 4.48. The van der Waals surface area contributed by atoms with E-state index in [0.29, 0.717) is 11.3 Å². The highest BCUT2D eigenvalue weighted by molar-refractivity contribution is 7.92. The zero-order valence-corrected chi connectivity index (χ0v) is 11.5. The predicted octanol–water partition coefficient (Wildman–Crippen LogP) is 0.447. The summed E-state index contributed by atoms with van der Waals surface area (Å²) < 4.78 is 28.4. The number of H-pyrrole nitrogens is 1. The van der Waals surface area contributed by atoms with Crippen molar-refractivity contribution in [3.05, 3.63) is 24.2 Å². The minimum Gasteiger partial charge on any atom is -0.326 e. The molecule has 0 aromatic carbocycles. The van der Waals surface area contributed by atoms with Crippen LogP contribution in [-0.2, 0) is 16.6 Å². The fourth-order valence-electron chi connectivity index (χ4n) is 1.56. The summed E-state index contributed by atoms with van der Waals surface area (Å²) in [7, 11) is -3.73. The lowest BCUT2D eigenvalue weighted by molar-refractivity contribution is 0.532. The summed E-state index contributed by atoms with van der Waals surface area (Å²) in [6.45, 7) is 4.00. The Morgan fingerprint density at radius 3 is 2.79 bits per heavy atom. The summed E-state index contributed by atoms with van der Waals surface area (Å²) in [5.74, 6) is 0. The number of anilines is 1. The number of sulfonamides is 1. The zero-order valence-electron chi connectivity index (χ0n) is 10.7. The largest absolute Gasteiger partial charge is 0.326 e. The first-order valence-corrected chi connectivity index (χ1v) is 7.21. The normalized spacial score (nSPS) is 12.0. The van der Waals surface area contributed by atoms with Gasteiger partial charge in [0.2, 0.25) is 0 Å². The molecular weight excluding hydrogens is 268 g/mol. The van der Waals surface area contributed by atoms with Gasteiger partial charge in [-0.1, -0.05) is 0 Å². The molecule has 2 aromatic rings. The van der Waals surface area contributed by atoms with Crippen LogP contribution in [0.1, 0.15) is 25.5 Å². The van der Waals surface area contributed by atoms with Gasteiger partial charge in [0.15, 0.2) is 5.03 Å². The van der Waals surface area contributed by atoms with E-state index in [-0.39, 0.29) is 17.6 Å². The third-order valence-corrected chi connectivity index (χ3v) is 3.94. The first-order chi connectivity index (χ1) is 8.94. The summed E-state index contributed by atoms with van der Waals surface area (Å²) in [5.41, 5.74) is 6.29. The predicted molar refractivity (Wildman–Crippen MR) is 69.9 cm³/mol. The molecule has 2 aromatic heterocycles. The van der Waals surface area contributed by atoms with Crippen molar-refractivity contribution >= 4 is 15.7 Å². The van der Waals surface area contributed by atoms with Gasteiger partial charge in [-0.05, 0) is 13.8 Å². The average Bonchev–Trinajstić information content (AvgIpc) is 2.95. The van der Waals surface area contributed by atoms with Gasteiger partial charge in [0, 0.05) is 24.3 Å². The first-order valence-electron chi connectivity index (χ1n) is 5.73. The third-order valence-electron chi connectivity index (χ3n) is 2.55. The quantitative estimate of drug-likeness (QED) is 0.736. The van der Waals surface area contributed by atoms with Gasteiger partial charge in [-0.2, -0.15) is 18.6 Å². The second-order valence-corrected chi connectivity index (χ2v) is 5.96. The maximum atomic E-state index is 12.1. The van der Waals surface area contributed by atoms with Crippen LogP contribution in [-0.4, -0.2) is 28.4 Å². The van der Waals surface area contributed by atoms with E-state index in [1.54, 1.807) is 10.9 Å². The number of aromatic amines is 1. The summed E-state index contributed by atoms with van der Waals surface area (Å²) >= 11 is 0. The van der Waals surface area contributed by atoms with Crippen LogP contribution in [0.3, 0.4) is 0 Å². The lowest BCUT2D eigenvalue weighted by Crippen LogP contribution is -2.16. The average molecular weight is 284 g/mol. The van der Waals surface area contributed by atoms with Gasteiger partial charge < -0.3 is 5.73 Å². The summed E-state index contributed by atoms with van der Waals surface area (Å²) in [6, 6.07) is 0.157. The van der Waals surface area contributed by atoms with Crippen molar-refractivity contribution in [3.63, 3.8) is 0 Å². The van der Waals surface area contributed by atoms with Crippen LogP contribution in [0.2, 0.25) is 0 Å². The maximum Gasteiger partial charge on any atom is 0.279 e. The molecule has 19 heavy (non-hydrogen) atoms. The number of hydrogen-bond acceptors (Lipinski definition) is 5. The highest BCUT2D eigenvalue weighted by Gasteiger charge is 2.21. The van der Waals surface area contributed by atoms with Crippen LogP contribution < -0.4 is 10.5 Å². The van der Waals surface area contributed by atoms with Crippen molar-refractivity contribution in [2.45, 2.75) is 31.5 Å². The van der Waals surface area contributed by atoms with Crippen molar-refractivity contribution in [1.82, 2.24) is 20.0 Å². The highest BCUT2D eigenvalue weighted by Crippen LogP contribution is 2.17. The molecule has 0 aliphatic carbocycles. The molecule has 0 radical (unpaired) electrons. The SMILES string of the molecule is CC(C)n1cc(NS(=O)(=O)c2[nH]ncc2CN)cn1. The molecule has 0 spiro atoms. The lowest BCUT2D eigenvalue weighted by atomic mass is 10.4. The van der Waals surface area contributed by atoms with Gasteiger partial charge in [0.1, 0.15) is 0 Å². The Bertz CT molecular complexity index is 657. The van der Waals surface area contributed by atoms with Crippen LogP contribution in [0.5, 0.6) is 0 Å². The number of rotatable bonds is 5. The Balaban J connectivity index is 2.26. The minimum absolute atomic E-state index is 0.0210. The summed E-state index contributed by atoms with van der Waals surface area (Å²) in [5, 5.41) is 10.2. The molecule has 0 amide bonds. The molecule has 0 aliphatic rings. The van der Waals surface area contributed by atoms with Crippen molar-refractivity contribution in [3.8, 4) is 0 Å². The molecule has 4 N–H and O–H groups in total. The number of nitrogens with two attached hydrogens (primary N) is 1. The molecule has 2 heterocycles. The van der Waals surface area contributed by atoms with Gasteiger partial charge >= 0.3 is 0 Å². The van der Waals surface area contributed by atoms with Crippen LogP contribution >= 0.6 is 0 Å². The van der Waals surface area contributed by atoms with Crippen LogP contribution in [0, 0.1) is 0 Å². The smallest absolute Gasteiger partial charge is 0.279 e. The number of nitrogens with one attached hydrogen (secondary N) is 2. The second kappa shape index (κ2) is 5.02. The van der Waals surface area contributed by atoms with E-state index in [2.05, 4.69) is 20.0 Å². The highest BCUT2D eigenvalue weighted by atomic mass is 32.2. The molecule has 0 atom stereocenters. The van der Waals surface area contributed by atoms with Crippen LogP contribution in [0.4, 0.5) is 5.69 Å². The van der Waals surface area contributed by atoms with Gasteiger partial charge in [0.25, 0.3) is 10.0 Å². The molecule has 0 bridgehead atoms. The van der Waals surface area contributed by atoms with E-state index >= 15 is 0 Å². The third kappa shape index (κ3) is 2.76. The molecule has 0 saturated carbocycles. The monoisotopic (exact) mass is 284 g/mol. The molecular formula is C10H16N6O2S. The maximum absolute atomic E-state index is 12.1. The molecule has 0 aliphatic heterocycles.